The Morgan fingerprint density at radius 1 is 1.05 bits per heavy atom. The van der Waals surface area contributed by atoms with Crippen LogP contribution in [0.15, 0.2) is 46.9 Å². The van der Waals surface area contributed by atoms with E-state index in [4.69, 9.17) is 23.2 Å². The van der Waals surface area contributed by atoms with E-state index in [1.807, 2.05) is 24.3 Å². The van der Waals surface area contributed by atoms with Gasteiger partial charge in [0.2, 0.25) is 0 Å². The predicted octanol–water partition coefficient (Wildman–Crippen LogP) is 5.61. The molecule has 0 heterocycles. The van der Waals surface area contributed by atoms with Gasteiger partial charge in [0.15, 0.2) is 0 Å². The number of rotatable bonds is 4. The number of hydrogen-bond donors (Lipinski definition) is 1. The number of halogens is 3. The maximum Gasteiger partial charge on any atom is 0.0424 e. The Labute approximate surface area is 132 Å². The molecule has 0 saturated heterocycles. The standard InChI is InChI=1S/C15H14BrCl2N/c1-10(12-2-4-13(16)5-3-12)19-9-11-6-14(17)8-15(18)7-11/h2-8,10,19H,9H2,1H3/t10-/m0/s1. The van der Waals surface area contributed by atoms with Gasteiger partial charge in [-0.15, -0.1) is 0 Å². The van der Waals surface area contributed by atoms with Crippen molar-refractivity contribution < 1.29 is 0 Å². The van der Waals surface area contributed by atoms with Crippen LogP contribution in [0.3, 0.4) is 0 Å². The molecule has 0 fully saturated rings. The highest BCUT2D eigenvalue weighted by Crippen LogP contribution is 2.20. The molecule has 2 rings (SSSR count). The monoisotopic (exact) mass is 357 g/mol. The van der Waals surface area contributed by atoms with Crippen molar-refractivity contribution in [2.24, 2.45) is 0 Å². The van der Waals surface area contributed by atoms with E-state index in [9.17, 15) is 0 Å². The SMILES string of the molecule is C[C@H](NCc1cc(Cl)cc(Cl)c1)c1ccc(Br)cc1. The van der Waals surface area contributed by atoms with Crippen LogP contribution in [0.4, 0.5) is 0 Å². The molecule has 0 spiro atoms. The van der Waals surface area contributed by atoms with E-state index in [1.54, 1.807) is 6.07 Å². The normalized spacial score (nSPS) is 12.4. The third kappa shape index (κ3) is 4.50. The highest BCUT2D eigenvalue weighted by molar-refractivity contribution is 9.10. The van der Waals surface area contributed by atoms with Crippen LogP contribution in [-0.4, -0.2) is 0 Å². The molecule has 1 nitrogen and oxygen atoms in total. The fourth-order valence-corrected chi connectivity index (χ4v) is 2.69. The molecule has 0 amide bonds. The summed E-state index contributed by atoms with van der Waals surface area (Å²) in [4.78, 5) is 0. The second-order valence-electron chi connectivity index (χ2n) is 4.43. The molecule has 2 aromatic rings. The summed E-state index contributed by atoms with van der Waals surface area (Å²) in [6, 6.07) is 14.2. The molecule has 0 unspecified atom stereocenters. The van der Waals surface area contributed by atoms with E-state index in [2.05, 4.69) is 40.3 Å². The predicted molar refractivity (Wildman–Crippen MR) is 85.9 cm³/mol. The minimum Gasteiger partial charge on any atom is -0.306 e. The maximum atomic E-state index is 5.98. The van der Waals surface area contributed by atoms with Crippen LogP contribution in [0.2, 0.25) is 10.0 Å². The summed E-state index contributed by atoms with van der Waals surface area (Å²) in [5.74, 6) is 0. The average Bonchev–Trinajstić information content (AvgIpc) is 2.36. The lowest BCUT2D eigenvalue weighted by Crippen LogP contribution is -2.18. The van der Waals surface area contributed by atoms with Crippen LogP contribution in [0.5, 0.6) is 0 Å². The highest BCUT2D eigenvalue weighted by atomic mass is 79.9. The summed E-state index contributed by atoms with van der Waals surface area (Å²) >= 11 is 15.4. The Morgan fingerprint density at radius 2 is 1.63 bits per heavy atom. The lowest BCUT2D eigenvalue weighted by molar-refractivity contribution is 0.574. The minimum absolute atomic E-state index is 0.269. The quantitative estimate of drug-likeness (QED) is 0.749. The van der Waals surface area contributed by atoms with E-state index in [0.29, 0.717) is 10.0 Å². The molecule has 4 heteroatoms. The zero-order chi connectivity index (χ0) is 13.8. The summed E-state index contributed by atoms with van der Waals surface area (Å²) < 4.78 is 1.09. The molecule has 0 aliphatic rings. The van der Waals surface area contributed by atoms with Crippen LogP contribution < -0.4 is 5.32 Å². The molecule has 0 aromatic heterocycles. The van der Waals surface area contributed by atoms with Crippen molar-refractivity contribution in [3.63, 3.8) is 0 Å². The first kappa shape index (κ1) is 14.9. The van der Waals surface area contributed by atoms with Gasteiger partial charge < -0.3 is 5.32 Å². The van der Waals surface area contributed by atoms with Gasteiger partial charge in [-0.05, 0) is 48.4 Å². The van der Waals surface area contributed by atoms with Gasteiger partial charge in [-0.2, -0.15) is 0 Å². The van der Waals surface area contributed by atoms with Crippen molar-refractivity contribution in [2.75, 3.05) is 0 Å². The van der Waals surface area contributed by atoms with Gasteiger partial charge in [0.05, 0.1) is 0 Å². The molecule has 2 aromatic carbocycles. The second-order valence-corrected chi connectivity index (χ2v) is 6.22. The number of benzene rings is 2. The first-order chi connectivity index (χ1) is 9.04. The van der Waals surface area contributed by atoms with Crippen LogP contribution >= 0.6 is 39.1 Å². The lowest BCUT2D eigenvalue weighted by atomic mass is 10.1. The fourth-order valence-electron chi connectivity index (χ4n) is 1.85. The van der Waals surface area contributed by atoms with E-state index in [1.165, 1.54) is 5.56 Å². The van der Waals surface area contributed by atoms with Crippen LogP contribution in [0.1, 0.15) is 24.1 Å². The molecule has 100 valence electrons. The van der Waals surface area contributed by atoms with E-state index >= 15 is 0 Å². The average molecular weight is 359 g/mol. The Bertz CT molecular complexity index is 534. The Morgan fingerprint density at radius 3 is 2.21 bits per heavy atom. The van der Waals surface area contributed by atoms with Crippen LogP contribution in [-0.2, 0) is 6.54 Å². The smallest absolute Gasteiger partial charge is 0.0424 e. The fraction of sp³-hybridized carbons (Fsp3) is 0.200. The third-order valence-corrected chi connectivity index (χ3v) is 3.87. The molecule has 1 atom stereocenters. The number of nitrogens with one attached hydrogen (secondary N) is 1. The third-order valence-electron chi connectivity index (χ3n) is 2.90. The molecular weight excluding hydrogens is 345 g/mol. The molecule has 1 N–H and O–H groups in total. The zero-order valence-electron chi connectivity index (χ0n) is 10.5. The largest absolute Gasteiger partial charge is 0.306 e. The Balaban J connectivity index is 1.99. The molecule has 0 aliphatic carbocycles. The van der Waals surface area contributed by atoms with Gasteiger partial charge in [-0.25, -0.2) is 0 Å². The molecule has 0 saturated carbocycles. The topological polar surface area (TPSA) is 12.0 Å². The summed E-state index contributed by atoms with van der Waals surface area (Å²) in [5.41, 5.74) is 2.33. The zero-order valence-corrected chi connectivity index (χ0v) is 13.6. The van der Waals surface area contributed by atoms with Gasteiger partial charge in [0, 0.05) is 27.1 Å². The molecule has 0 radical (unpaired) electrons. The first-order valence-corrected chi connectivity index (χ1v) is 7.53. The van der Waals surface area contributed by atoms with Crippen molar-refractivity contribution in [2.45, 2.75) is 19.5 Å². The maximum absolute atomic E-state index is 5.98. The van der Waals surface area contributed by atoms with Crippen molar-refractivity contribution in [1.82, 2.24) is 5.32 Å². The van der Waals surface area contributed by atoms with E-state index in [-0.39, 0.29) is 6.04 Å². The van der Waals surface area contributed by atoms with Crippen molar-refractivity contribution in [1.29, 1.82) is 0 Å². The number of hydrogen-bond acceptors (Lipinski definition) is 1. The van der Waals surface area contributed by atoms with Gasteiger partial charge in [-0.3, -0.25) is 0 Å². The van der Waals surface area contributed by atoms with Gasteiger partial charge in [-0.1, -0.05) is 51.3 Å². The Kier molecular flexibility index (Phi) is 5.28. The summed E-state index contributed by atoms with van der Waals surface area (Å²) in [5, 5.41) is 4.79. The summed E-state index contributed by atoms with van der Waals surface area (Å²) in [7, 11) is 0. The minimum atomic E-state index is 0.269. The van der Waals surface area contributed by atoms with Crippen LogP contribution in [0, 0.1) is 0 Å². The molecule has 0 aliphatic heterocycles. The second kappa shape index (κ2) is 6.76. The van der Waals surface area contributed by atoms with Gasteiger partial charge in [0.1, 0.15) is 0 Å². The van der Waals surface area contributed by atoms with Crippen LogP contribution in [0.25, 0.3) is 0 Å². The van der Waals surface area contributed by atoms with Crippen molar-refractivity contribution in [3.8, 4) is 0 Å². The summed E-state index contributed by atoms with van der Waals surface area (Å²) in [6.07, 6.45) is 0. The molecule has 0 bridgehead atoms. The van der Waals surface area contributed by atoms with Gasteiger partial charge in [0.25, 0.3) is 0 Å². The Hall–Kier alpha value is -0.540. The summed E-state index contributed by atoms with van der Waals surface area (Å²) in [6.45, 7) is 2.87. The van der Waals surface area contributed by atoms with E-state index < -0.39 is 0 Å². The van der Waals surface area contributed by atoms with Crippen molar-refractivity contribution >= 4 is 39.1 Å². The van der Waals surface area contributed by atoms with Crippen molar-refractivity contribution in [3.05, 3.63) is 68.1 Å². The van der Waals surface area contributed by atoms with E-state index in [0.717, 1.165) is 16.6 Å². The van der Waals surface area contributed by atoms with Gasteiger partial charge >= 0.3 is 0 Å². The highest BCUT2D eigenvalue weighted by Gasteiger charge is 2.05. The molecular formula is C15H14BrCl2N. The lowest BCUT2D eigenvalue weighted by Gasteiger charge is -2.14. The first-order valence-electron chi connectivity index (χ1n) is 5.98. The molecule has 19 heavy (non-hydrogen) atoms.